The first kappa shape index (κ1) is 9.32. The molecular weight excluding hydrogens is 198 g/mol. The number of pyridine rings is 1. The minimum Gasteiger partial charge on any atom is -0.478 e. The number of carbonyl (C=O) groups is 2. The SMILES string of the molecule is O=C1CN(c2ncccc2C(=O)O)C=N1. The highest BCUT2D eigenvalue weighted by Crippen LogP contribution is 2.17. The molecule has 76 valence electrons. The van der Waals surface area contributed by atoms with Gasteiger partial charge in [0.1, 0.15) is 24.3 Å². The van der Waals surface area contributed by atoms with E-state index in [9.17, 15) is 9.59 Å². The lowest BCUT2D eigenvalue weighted by atomic mass is 10.2. The molecule has 0 aliphatic carbocycles. The van der Waals surface area contributed by atoms with E-state index in [-0.39, 0.29) is 23.8 Å². The summed E-state index contributed by atoms with van der Waals surface area (Å²) in [6.07, 6.45) is 2.76. The molecule has 15 heavy (non-hydrogen) atoms. The summed E-state index contributed by atoms with van der Waals surface area (Å²) >= 11 is 0. The minimum atomic E-state index is -1.08. The van der Waals surface area contributed by atoms with Crippen molar-refractivity contribution in [3.8, 4) is 0 Å². The fourth-order valence-corrected chi connectivity index (χ4v) is 1.28. The maximum absolute atomic E-state index is 10.9. The van der Waals surface area contributed by atoms with Crippen molar-refractivity contribution in [2.24, 2.45) is 4.99 Å². The lowest BCUT2D eigenvalue weighted by Gasteiger charge is -2.13. The number of rotatable bonds is 2. The fraction of sp³-hybridized carbons (Fsp3) is 0.111. The van der Waals surface area contributed by atoms with Crippen LogP contribution >= 0.6 is 0 Å². The van der Waals surface area contributed by atoms with E-state index in [0.29, 0.717) is 0 Å². The molecule has 1 aliphatic rings. The highest BCUT2D eigenvalue weighted by atomic mass is 16.4. The number of aromatic nitrogens is 1. The molecular formula is C9H7N3O3. The van der Waals surface area contributed by atoms with Crippen LogP contribution in [0.3, 0.4) is 0 Å². The molecule has 1 aromatic rings. The average molecular weight is 205 g/mol. The molecule has 1 N–H and O–H groups in total. The van der Waals surface area contributed by atoms with Crippen molar-refractivity contribution in [1.29, 1.82) is 0 Å². The number of amides is 1. The smallest absolute Gasteiger partial charge is 0.339 e. The molecule has 0 atom stereocenters. The summed E-state index contributed by atoms with van der Waals surface area (Å²) < 4.78 is 0. The lowest BCUT2D eigenvalue weighted by molar-refractivity contribution is -0.115. The number of carboxylic acid groups (broad SMARTS) is 1. The molecule has 0 radical (unpaired) electrons. The van der Waals surface area contributed by atoms with E-state index in [2.05, 4.69) is 9.98 Å². The van der Waals surface area contributed by atoms with Gasteiger partial charge in [-0.1, -0.05) is 0 Å². The van der Waals surface area contributed by atoms with Crippen molar-refractivity contribution in [2.75, 3.05) is 11.4 Å². The molecule has 6 nitrogen and oxygen atoms in total. The Kier molecular flexibility index (Phi) is 2.17. The van der Waals surface area contributed by atoms with E-state index < -0.39 is 5.97 Å². The van der Waals surface area contributed by atoms with Crippen molar-refractivity contribution in [3.05, 3.63) is 23.9 Å². The van der Waals surface area contributed by atoms with E-state index in [1.165, 1.54) is 29.6 Å². The summed E-state index contributed by atoms with van der Waals surface area (Å²) in [6.45, 7) is 0.0390. The van der Waals surface area contributed by atoms with Gasteiger partial charge in [0.15, 0.2) is 0 Å². The highest BCUT2D eigenvalue weighted by molar-refractivity contribution is 6.05. The maximum Gasteiger partial charge on any atom is 0.339 e. The summed E-state index contributed by atoms with van der Waals surface area (Å²) in [4.78, 5) is 30.6. The Morgan fingerprint density at radius 3 is 2.93 bits per heavy atom. The van der Waals surface area contributed by atoms with Gasteiger partial charge in [0.25, 0.3) is 5.91 Å². The summed E-state index contributed by atoms with van der Waals surface area (Å²) in [5, 5.41) is 8.90. The number of aromatic carboxylic acids is 1. The third-order valence-electron chi connectivity index (χ3n) is 1.94. The zero-order valence-electron chi connectivity index (χ0n) is 7.62. The second kappa shape index (κ2) is 3.49. The van der Waals surface area contributed by atoms with Crippen molar-refractivity contribution in [3.63, 3.8) is 0 Å². The van der Waals surface area contributed by atoms with Gasteiger partial charge in [-0.05, 0) is 12.1 Å². The zero-order chi connectivity index (χ0) is 10.8. The third kappa shape index (κ3) is 1.69. The van der Waals surface area contributed by atoms with Crippen LogP contribution in [0.5, 0.6) is 0 Å². The van der Waals surface area contributed by atoms with Crippen LogP contribution in [0.2, 0.25) is 0 Å². The Bertz CT molecular complexity index is 456. The summed E-state index contributed by atoms with van der Waals surface area (Å²) in [5.74, 6) is -1.15. The quantitative estimate of drug-likeness (QED) is 0.743. The number of anilines is 1. The van der Waals surface area contributed by atoms with Crippen LogP contribution in [-0.4, -0.2) is 34.9 Å². The van der Waals surface area contributed by atoms with E-state index >= 15 is 0 Å². The molecule has 1 aliphatic heterocycles. The molecule has 0 spiro atoms. The Morgan fingerprint density at radius 1 is 1.53 bits per heavy atom. The summed E-state index contributed by atoms with van der Waals surface area (Å²) in [6, 6.07) is 2.96. The van der Waals surface area contributed by atoms with Gasteiger partial charge in [0, 0.05) is 6.20 Å². The van der Waals surface area contributed by atoms with Crippen LogP contribution in [0.4, 0.5) is 5.82 Å². The molecule has 2 rings (SSSR count). The first-order valence-corrected chi connectivity index (χ1v) is 4.20. The Morgan fingerprint density at radius 2 is 2.33 bits per heavy atom. The van der Waals surface area contributed by atoms with E-state index in [1.54, 1.807) is 0 Å². The Balaban J connectivity index is 2.40. The molecule has 1 aromatic heterocycles. The van der Waals surface area contributed by atoms with Gasteiger partial charge in [-0.25, -0.2) is 14.8 Å². The van der Waals surface area contributed by atoms with E-state index in [0.717, 1.165) is 0 Å². The van der Waals surface area contributed by atoms with Gasteiger partial charge in [0.2, 0.25) is 0 Å². The summed E-state index contributed by atoms with van der Waals surface area (Å²) in [7, 11) is 0. The predicted molar refractivity (Wildman–Crippen MR) is 52.0 cm³/mol. The van der Waals surface area contributed by atoms with Crippen LogP contribution in [-0.2, 0) is 4.79 Å². The van der Waals surface area contributed by atoms with Gasteiger partial charge < -0.3 is 10.0 Å². The second-order valence-corrected chi connectivity index (χ2v) is 2.95. The van der Waals surface area contributed by atoms with E-state index in [4.69, 9.17) is 5.11 Å². The number of nitrogens with zero attached hydrogens (tertiary/aromatic N) is 3. The standard InChI is InChI=1S/C9H7N3O3/c13-7-4-12(5-11-7)8-6(9(14)15)2-1-3-10-8/h1-3,5H,4H2,(H,14,15). The van der Waals surface area contributed by atoms with Crippen LogP contribution in [0, 0.1) is 0 Å². The van der Waals surface area contributed by atoms with Crippen molar-refractivity contribution in [2.45, 2.75) is 0 Å². The van der Waals surface area contributed by atoms with Gasteiger partial charge in [-0.2, -0.15) is 0 Å². The van der Waals surface area contributed by atoms with Gasteiger partial charge in [-0.15, -0.1) is 0 Å². The Hall–Kier alpha value is -2.24. The molecule has 0 bridgehead atoms. The first-order valence-electron chi connectivity index (χ1n) is 4.20. The molecule has 2 heterocycles. The number of hydrogen-bond donors (Lipinski definition) is 1. The van der Waals surface area contributed by atoms with Crippen LogP contribution in [0.25, 0.3) is 0 Å². The fourth-order valence-electron chi connectivity index (χ4n) is 1.28. The molecule has 0 saturated heterocycles. The second-order valence-electron chi connectivity index (χ2n) is 2.95. The normalized spacial score (nSPS) is 14.7. The van der Waals surface area contributed by atoms with E-state index in [1.807, 2.05) is 0 Å². The van der Waals surface area contributed by atoms with Gasteiger partial charge in [-0.3, -0.25) is 4.79 Å². The van der Waals surface area contributed by atoms with Crippen molar-refractivity contribution in [1.82, 2.24) is 4.98 Å². The monoisotopic (exact) mass is 205 g/mol. The van der Waals surface area contributed by atoms with Crippen LogP contribution in [0.1, 0.15) is 10.4 Å². The minimum absolute atomic E-state index is 0.0390. The lowest BCUT2D eigenvalue weighted by Crippen LogP contribution is -2.23. The molecule has 0 fully saturated rings. The molecule has 6 heteroatoms. The molecule has 0 aromatic carbocycles. The first-order chi connectivity index (χ1) is 7.18. The number of carboxylic acids is 1. The zero-order valence-corrected chi connectivity index (χ0v) is 7.62. The number of aliphatic imine (C=N–C) groups is 1. The predicted octanol–water partition coefficient (Wildman–Crippen LogP) is 0.155. The number of hydrogen-bond acceptors (Lipinski definition) is 4. The third-order valence-corrected chi connectivity index (χ3v) is 1.94. The van der Waals surface area contributed by atoms with Crippen LogP contribution < -0.4 is 4.90 Å². The Labute approximate surface area is 84.9 Å². The summed E-state index contributed by atoms with van der Waals surface area (Å²) in [5.41, 5.74) is 0.0543. The topological polar surface area (TPSA) is 82.9 Å². The largest absolute Gasteiger partial charge is 0.478 e. The average Bonchev–Trinajstić information content (AvgIpc) is 2.65. The van der Waals surface area contributed by atoms with Gasteiger partial charge in [0.05, 0.1) is 0 Å². The maximum atomic E-state index is 10.9. The molecule has 1 amide bonds. The molecule has 0 saturated carbocycles. The number of carbonyl (C=O) groups excluding carboxylic acids is 1. The highest BCUT2D eigenvalue weighted by Gasteiger charge is 2.21. The molecule has 0 unspecified atom stereocenters. The van der Waals surface area contributed by atoms with Crippen LogP contribution in [0.15, 0.2) is 23.3 Å². The van der Waals surface area contributed by atoms with Crippen molar-refractivity contribution >= 4 is 24.0 Å². The van der Waals surface area contributed by atoms with Crippen molar-refractivity contribution < 1.29 is 14.7 Å². The van der Waals surface area contributed by atoms with Gasteiger partial charge >= 0.3 is 5.97 Å².